The van der Waals surface area contributed by atoms with Crippen molar-refractivity contribution >= 4 is 5.69 Å². The predicted molar refractivity (Wildman–Crippen MR) is 83.3 cm³/mol. The fourth-order valence-electron chi connectivity index (χ4n) is 2.14. The Hall–Kier alpha value is -1.85. The fourth-order valence-corrected chi connectivity index (χ4v) is 2.14. The Kier molecular flexibility index (Phi) is 5.36. The number of benzene rings is 1. The molecule has 2 atom stereocenters. The van der Waals surface area contributed by atoms with E-state index in [1.165, 1.54) is 0 Å². The van der Waals surface area contributed by atoms with E-state index in [2.05, 4.69) is 10.4 Å². The second-order valence-electron chi connectivity index (χ2n) is 5.22. The van der Waals surface area contributed by atoms with Gasteiger partial charge in [0.25, 0.3) is 0 Å². The van der Waals surface area contributed by atoms with E-state index in [1.807, 2.05) is 57.4 Å². The van der Waals surface area contributed by atoms with Gasteiger partial charge in [0.1, 0.15) is 0 Å². The lowest BCUT2D eigenvalue weighted by atomic mass is 10.1. The summed E-state index contributed by atoms with van der Waals surface area (Å²) in [6.45, 7) is 4.65. The number of nitrogens with zero attached hydrogens (tertiary/aromatic N) is 2. The third-order valence-corrected chi connectivity index (χ3v) is 3.35. The van der Waals surface area contributed by atoms with Crippen LogP contribution in [0.4, 0.5) is 5.69 Å². The van der Waals surface area contributed by atoms with Gasteiger partial charge in [-0.15, -0.1) is 0 Å². The molecule has 1 aromatic heterocycles. The molecule has 2 N–H and O–H groups in total. The third kappa shape index (κ3) is 4.58. The van der Waals surface area contributed by atoms with Gasteiger partial charge in [-0.3, -0.25) is 4.68 Å². The summed E-state index contributed by atoms with van der Waals surface area (Å²) in [7, 11) is 1.87. The van der Waals surface area contributed by atoms with Crippen molar-refractivity contribution in [3.63, 3.8) is 0 Å². The van der Waals surface area contributed by atoms with Crippen LogP contribution in [0.5, 0.6) is 0 Å². The van der Waals surface area contributed by atoms with E-state index in [-0.39, 0.29) is 6.10 Å². The van der Waals surface area contributed by atoms with Crippen LogP contribution in [0.25, 0.3) is 0 Å². The van der Waals surface area contributed by atoms with Gasteiger partial charge in [-0.2, -0.15) is 5.10 Å². The van der Waals surface area contributed by atoms with E-state index >= 15 is 0 Å². The minimum absolute atomic E-state index is 0.0269. The van der Waals surface area contributed by atoms with Gasteiger partial charge in [0.15, 0.2) is 0 Å². The van der Waals surface area contributed by atoms with Crippen LogP contribution in [0.2, 0.25) is 0 Å². The molecular weight excluding hydrogens is 266 g/mol. The van der Waals surface area contributed by atoms with Gasteiger partial charge >= 0.3 is 0 Å². The molecule has 2 unspecified atom stereocenters. The lowest BCUT2D eigenvalue weighted by Gasteiger charge is -2.17. The van der Waals surface area contributed by atoms with Gasteiger partial charge in [-0.05, 0) is 19.4 Å². The molecule has 0 spiro atoms. The summed E-state index contributed by atoms with van der Waals surface area (Å²) in [4.78, 5) is 0. The van der Waals surface area contributed by atoms with E-state index < -0.39 is 6.10 Å². The van der Waals surface area contributed by atoms with E-state index in [0.717, 1.165) is 16.9 Å². The van der Waals surface area contributed by atoms with Crippen molar-refractivity contribution in [2.45, 2.75) is 26.1 Å². The smallest absolute Gasteiger partial charge is 0.0945 e. The summed E-state index contributed by atoms with van der Waals surface area (Å²) < 4.78 is 7.45. The van der Waals surface area contributed by atoms with Crippen molar-refractivity contribution in [3.05, 3.63) is 47.8 Å². The molecule has 0 bridgehead atoms. The zero-order chi connectivity index (χ0) is 15.2. The Bertz CT molecular complexity index is 554. The molecular formula is C16H23N3O2. The molecule has 0 fully saturated rings. The summed E-state index contributed by atoms with van der Waals surface area (Å²) in [6, 6.07) is 9.99. The summed E-state index contributed by atoms with van der Waals surface area (Å²) in [5, 5.41) is 17.4. The largest absolute Gasteiger partial charge is 0.389 e. The zero-order valence-electron chi connectivity index (χ0n) is 12.8. The van der Waals surface area contributed by atoms with Crippen molar-refractivity contribution in [2.24, 2.45) is 7.05 Å². The number of anilines is 1. The Morgan fingerprint density at radius 1 is 1.33 bits per heavy atom. The zero-order valence-corrected chi connectivity index (χ0v) is 12.8. The molecule has 5 heteroatoms. The standard InChI is InChI=1S/C16H23N3O2/c1-12-16(10-19(3)18-12)17-9-15(20)11-21-13(2)14-7-5-4-6-8-14/h4-8,10,13,15,17,20H,9,11H2,1-3H3. The average Bonchev–Trinajstić information content (AvgIpc) is 2.81. The number of nitrogens with one attached hydrogen (secondary N) is 1. The molecule has 0 radical (unpaired) electrons. The molecule has 0 aliphatic heterocycles. The summed E-state index contributed by atoms with van der Waals surface area (Å²) >= 11 is 0. The molecule has 114 valence electrons. The van der Waals surface area contributed by atoms with Gasteiger partial charge in [0.2, 0.25) is 0 Å². The molecule has 0 saturated heterocycles. The van der Waals surface area contributed by atoms with E-state index in [9.17, 15) is 5.11 Å². The van der Waals surface area contributed by atoms with Crippen molar-refractivity contribution in [1.82, 2.24) is 9.78 Å². The van der Waals surface area contributed by atoms with Crippen LogP contribution in [0.15, 0.2) is 36.5 Å². The highest BCUT2D eigenvalue weighted by atomic mass is 16.5. The molecule has 0 aliphatic carbocycles. The van der Waals surface area contributed by atoms with Crippen LogP contribution in [0.1, 0.15) is 24.3 Å². The van der Waals surface area contributed by atoms with Gasteiger partial charge in [0.05, 0.1) is 30.2 Å². The quantitative estimate of drug-likeness (QED) is 0.821. The number of hydrogen-bond donors (Lipinski definition) is 2. The molecule has 1 aromatic carbocycles. The van der Waals surface area contributed by atoms with Crippen LogP contribution in [-0.2, 0) is 11.8 Å². The molecule has 0 aliphatic rings. The molecule has 1 heterocycles. The number of aliphatic hydroxyl groups is 1. The van der Waals surface area contributed by atoms with E-state index in [0.29, 0.717) is 13.2 Å². The monoisotopic (exact) mass is 289 g/mol. The molecule has 5 nitrogen and oxygen atoms in total. The second-order valence-corrected chi connectivity index (χ2v) is 5.22. The van der Waals surface area contributed by atoms with Crippen LogP contribution >= 0.6 is 0 Å². The van der Waals surface area contributed by atoms with E-state index in [4.69, 9.17) is 4.74 Å². The first-order chi connectivity index (χ1) is 10.1. The molecule has 0 amide bonds. The van der Waals surface area contributed by atoms with Crippen LogP contribution in [-0.4, -0.2) is 34.1 Å². The lowest BCUT2D eigenvalue weighted by Crippen LogP contribution is -2.25. The Morgan fingerprint density at radius 2 is 2.05 bits per heavy atom. The number of ether oxygens (including phenoxy) is 1. The first-order valence-electron chi connectivity index (χ1n) is 7.15. The Morgan fingerprint density at radius 3 is 2.67 bits per heavy atom. The van der Waals surface area contributed by atoms with Gasteiger partial charge in [-0.25, -0.2) is 0 Å². The Balaban J connectivity index is 1.75. The maximum absolute atomic E-state index is 9.99. The SMILES string of the molecule is Cc1nn(C)cc1NCC(O)COC(C)c1ccccc1. The van der Waals surface area contributed by atoms with Crippen molar-refractivity contribution in [2.75, 3.05) is 18.5 Å². The van der Waals surface area contributed by atoms with Crippen LogP contribution in [0.3, 0.4) is 0 Å². The lowest BCUT2D eigenvalue weighted by molar-refractivity contribution is 0.00243. The number of hydrogen-bond acceptors (Lipinski definition) is 4. The van der Waals surface area contributed by atoms with Gasteiger partial charge in [-0.1, -0.05) is 30.3 Å². The summed E-state index contributed by atoms with van der Waals surface area (Å²) in [6.07, 6.45) is 1.31. The topological polar surface area (TPSA) is 59.3 Å². The second kappa shape index (κ2) is 7.24. The minimum atomic E-state index is -0.559. The molecule has 0 saturated carbocycles. The third-order valence-electron chi connectivity index (χ3n) is 3.35. The maximum atomic E-state index is 9.99. The highest BCUT2D eigenvalue weighted by Crippen LogP contribution is 2.16. The first-order valence-corrected chi connectivity index (χ1v) is 7.15. The highest BCUT2D eigenvalue weighted by Gasteiger charge is 2.10. The summed E-state index contributed by atoms with van der Waals surface area (Å²) in [5.41, 5.74) is 2.97. The van der Waals surface area contributed by atoms with Crippen molar-refractivity contribution in [1.29, 1.82) is 0 Å². The Labute approximate surface area is 125 Å². The normalized spacial score (nSPS) is 13.9. The van der Waals surface area contributed by atoms with Gasteiger partial charge in [0, 0.05) is 19.8 Å². The maximum Gasteiger partial charge on any atom is 0.0945 e. The minimum Gasteiger partial charge on any atom is -0.389 e. The fraction of sp³-hybridized carbons (Fsp3) is 0.438. The highest BCUT2D eigenvalue weighted by molar-refractivity contribution is 5.45. The molecule has 21 heavy (non-hydrogen) atoms. The first kappa shape index (κ1) is 15.5. The van der Waals surface area contributed by atoms with Crippen LogP contribution in [0, 0.1) is 6.92 Å². The van der Waals surface area contributed by atoms with Gasteiger partial charge < -0.3 is 15.2 Å². The number of aryl methyl sites for hydroxylation is 2. The number of rotatable bonds is 7. The number of aromatic nitrogens is 2. The molecule has 2 aromatic rings. The van der Waals surface area contributed by atoms with Crippen molar-refractivity contribution in [3.8, 4) is 0 Å². The average molecular weight is 289 g/mol. The van der Waals surface area contributed by atoms with Crippen LogP contribution < -0.4 is 5.32 Å². The van der Waals surface area contributed by atoms with E-state index in [1.54, 1.807) is 4.68 Å². The number of aliphatic hydroxyl groups excluding tert-OH is 1. The predicted octanol–water partition coefficient (Wildman–Crippen LogP) is 2.28. The van der Waals surface area contributed by atoms with Crippen molar-refractivity contribution < 1.29 is 9.84 Å². The molecule has 2 rings (SSSR count). The summed E-state index contributed by atoms with van der Waals surface area (Å²) in [5.74, 6) is 0.